The maximum absolute atomic E-state index is 10.5. The summed E-state index contributed by atoms with van der Waals surface area (Å²) in [5, 5.41) is 20.1. The largest absolute Gasteiger partial charge is 0.391 e. The van der Waals surface area contributed by atoms with E-state index in [0.29, 0.717) is 19.4 Å². The standard InChI is InChI=1S/C17H23NO4/c1-20-12-17(11-18)15(19)8-14(21-2)9-16(17)22-10-13-6-4-3-5-7-13/h3-7,14-16,19H,8-10,12H2,1-2H3. The lowest BCUT2D eigenvalue weighted by Crippen LogP contribution is -2.55. The molecule has 4 unspecified atom stereocenters. The fourth-order valence-corrected chi connectivity index (χ4v) is 3.01. The average Bonchev–Trinajstić information content (AvgIpc) is 2.56. The van der Waals surface area contributed by atoms with Crippen LogP contribution in [-0.2, 0) is 20.8 Å². The number of aliphatic hydroxyl groups is 1. The Labute approximate surface area is 131 Å². The Morgan fingerprint density at radius 1 is 1.27 bits per heavy atom. The van der Waals surface area contributed by atoms with E-state index >= 15 is 0 Å². The number of benzene rings is 1. The molecule has 0 aromatic heterocycles. The molecule has 0 amide bonds. The Morgan fingerprint density at radius 2 is 2.00 bits per heavy atom. The monoisotopic (exact) mass is 305 g/mol. The third kappa shape index (κ3) is 3.47. The fourth-order valence-electron chi connectivity index (χ4n) is 3.01. The Balaban J connectivity index is 2.16. The molecule has 1 aliphatic rings. The van der Waals surface area contributed by atoms with E-state index in [9.17, 15) is 10.4 Å². The Hall–Kier alpha value is -1.45. The quantitative estimate of drug-likeness (QED) is 0.869. The molecule has 0 aliphatic heterocycles. The minimum atomic E-state index is -1.06. The van der Waals surface area contributed by atoms with Gasteiger partial charge in [0, 0.05) is 27.1 Å². The molecule has 120 valence electrons. The van der Waals surface area contributed by atoms with Gasteiger partial charge in [0.05, 0.1) is 37.6 Å². The van der Waals surface area contributed by atoms with Crippen molar-refractivity contribution in [2.24, 2.45) is 5.41 Å². The first-order valence-corrected chi connectivity index (χ1v) is 7.43. The molecule has 0 radical (unpaired) electrons. The summed E-state index contributed by atoms with van der Waals surface area (Å²) >= 11 is 0. The molecule has 1 aliphatic carbocycles. The van der Waals surface area contributed by atoms with Gasteiger partial charge in [-0.05, 0) is 5.56 Å². The van der Waals surface area contributed by atoms with Crippen molar-refractivity contribution >= 4 is 0 Å². The molecular weight excluding hydrogens is 282 g/mol. The molecule has 1 aromatic carbocycles. The maximum atomic E-state index is 10.5. The SMILES string of the molecule is COCC1(C#N)C(O)CC(OC)CC1OCc1ccccc1. The predicted molar refractivity (Wildman–Crippen MR) is 81.0 cm³/mol. The van der Waals surface area contributed by atoms with Gasteiger partial charge in [-0.3, -0.25) is 0 Å². The molecule has 0 saturated heterocycles. The third-order valence-corrected chi connectivity index (χ3v) is 4.35. The van der Waals surface area contributed by atoms with Crippen LogP contribution in [0.25, 0.3) is 0 Å². The molecule has 1 saturated carbocycles. The Bertz CT molecular complexity index is 501. The van der Waals surface area contributed by atoms with Gasteiger partial charge in [0.25, 0.3) is 0 Å². The van der Waals surface area contributed by atoms with Crippen molar-refractivity contribution in [1.29, 1.82) is 5.26 Å². The lowest BCUT2D eigenvalue weighted by atomic mass is 9.70. The zero-order chi connectivity index (χ0) is 16.0. The van der Waals surface area contributed by atoms with Crippen molar-refractivity contribution in [1.82, 2.24) is 0 Å². The molecule has 2 rings (SSSR count). The number of nitrogens with zero attached hydrogens (tertiary/aromatic N) is 1. The van der Waals surface area contributed by atoms with E-state index in [4.69, 9.17) is 14.2 Å². The third-order valence-electron chi connectivity index (χ3n) is 4.35. The van der Waals surface area contributed by atoms with Gasteiger partial charge < -0.3 is 19.3 Å². The summed E-state index contributed by atoms with van der Waals surface area (Å²) < 4.78 is 16.6. The van der Waals surface area contributed by atoms with Crippen LogP contribution in [0.3, 0.4) is 0 Å². The van der Waals surface area contributed by atoms with E-state index in [2.05, 4.69) is 6.07 Å². The highest BCUT2D eigenvalue weighted by atomic mass is 16.5. The number of ether oxygens (including phenoxy) is 3. The second kappa shape index (κ2) is 7.70. The van der Waals surface area contributed by atoms with Crippen molar-refractivity contribution in [3.8, 4) is 6.07 Å². The van der Waals surface area contributed by atoms with Gasteiger partial charge in [-0.2, -0.15) is 5.26 Å². The highest BCUT2D eigenvalue weighted by Crippen LogP contribution is 2.40. The Kier molecular flexibility index (Phi) is 5.92. The summed E-state index contributed by atoms with van der Waals surface area (Å²) in [6, 6.07) is 12.0. The summed E-state index contributed by atoms with van der Waals surface area (Å²) in [5.41, 5.74) is -0.0285. The first-order valence-electron chi connectivity index (χ1n) is 7.43. The van der Waals surface area contributed by atoms with Crippen LogP contribution in [0.2, 0.25) is 0 Å². The van der Waals surface area contributed by atoms with E-state index in [1.54, 1.807) is 7.11 Å². The summed E-state index contributed by atoms with van der Waals surface area (Å²) in [6.07, 6.45) is -0.409. The van der Waals surface area contributed by atoms with E-state index in [1.165, 1.54) is 7.11 Å². The van der Waals surface area contributed by atoms with Gasteiger partial charge in [0.2, 0.25) is 0 Å². The van der Waals surface area contributed by atoms with Crippen molar-refractivity contribution in [3.05, 3.63) is 35.9 Å². The van der Waals surface area contributed by atoms with Gasteiger partial charge in [0.15, 0.2) is 0 Å². The molecule has 0 spiro atoms. The van der Waals surface area contributed by atoms with Crippen molar-refractivity contribution in [2.45, 2.75) is 37.8 Å². The van der Waals surface area contributed by atoms with Crippen LogP contribution in [0.4, 0.5) is 0 Å². The fraction of sp³-hybridized carbons (Fsp3) is 0.588. The minimum Gasteiger partial charge on any atom is -0.391 e. The first kappa shape index (κ1) is 16.9. The minimum absolute atomic E-state index is 0.117. The second-order valence-electron chi connectivity index (χ2n) is 5.72. The molecule has 5 nitrogen and oxygen atoms in total. The summed E-state index contributed by atoms with van der Waals surface area (Å²) in [4.78, 5) is 0. The number of nitriles is 1. The normalized spacial score (nSPS) is 31.6. The van der Waals surface area contributed by atoms with Gasteiger partial charge in [-0.15, -0.1) is 0 Å². The van der Waals surface area contributed by atoms with Crippen molar-refractivity contribution in [2.75, 3.05) is 20.8 Å². The number of hydrogen-bond donors (Lipinski definition) is 1. The molecule has 22 heavy (non-hydrogen) atoms. The first-order chi connectivity index (χ1) is 10.7. The van der Waals surface area contributed by atoms with E-state index in [1.807, 2.05) is 30.3 Å². The second-order valence-corrected chi connectivity index (χ2v) is 5.72. The van der Waals surface area contributed by atoms with E-state index in [0.717, 1.165) is 5.56 Å². The Morgan fingerprint density at radius 3 is 2.59 bits per heavy atom. The highest BCUT2D eigenvalue weighted by molar-refractivity contribution is 5.15. The number of aliphatic hydroxyl groups excluding tert-OH is 1. The summed E-state index contributed by atoms with van der Waals surface area (Å²) in [5.74, 6) is 0. The van der Waals surface area contributed by atoms with Gasteiger partial charge in [0.1, 0.15) is 5.41 Å². The lowest BCUT2D eigenvalue weighted by molar-refractivity contribution is -0.160. The molecule has 0 heterocycles. The molecule has 1 fully saturated rings. The van der Waals surface area contributed by atoms with Gasteiger partial charge in [-0.1, -0.05) is 30.3 Å². The number of rotatable bonds is 6. The predicted octanol–water partition coefficient (Wildman–Crippen LogP) is 1.90. The van der Waals surface area contributed by atoms with Crippen molar-refractivity contribution < 1.29 is 19.3 Å². The van der Waals surface area contributed by atoms with Crippen LogP contribution < -0.4 is 0 Å². The van der Waals surface area contributed by atoms with Crippen LogP contribution in [0.15, 0.2) is 30.3 Å². The van der Waals surface area contributed by atoms with Crippen LogP contribution in [-0.4, -0.2) is 44.2 Å². The van der Waals surface area contributed by atoms with Crippen LogP contribution in [0.1, 0.15) is 18.4 Å². The topological polar surface area (TPSA) is 71.7 Å². The van der Waals surface area contributed by atoms with E-state index in [-0.39, 0.29) is 12.7 Å². The van der Waals surface area contributed by atoms with Crippen LogP contribution in [0.5, 0.6) is 0 Å². The average molecular weight is 305 g/mol. The molecular formula is C17H23NO4. The number of hydrogen-bond acceptors (Lipinski definition) is 5. The summed E-state index contributed by atoms with van der Waals surface area (Å²) in [6.45, 7) is 0.530. The van der Waals surface area contributed by atoms with Crippen LogP contribution >= 0.6 is 0 Å². The van der Waals surface area contributed by atoms with Gasteiger partial charge >= 0.3 is 0 Å². The molecule has 0 bridgehead atoms. The highest BCUT2D eigenvalue weighted by Gasteiger charge is 2.51. The zero-order valence-electron chi connectivity index (χ0n) is 13.1. The van der Waals surface area contributed by atoms with Crippen molar-refractivity contribution in [3.63, 3.8) is 0 Å². The maximum Gasteiger partial charge on any atom is 0.132 e. The molecule has 1 aromatic rings. The van der Waals surface area contributed by atoms with Gasteiger partial charge in [-0.25, -0.2) is 0 Å². The molecule has 1 N–H and O–H groups in total. The lowest BCUT2D eigenvalue weighted by Gasteiger charge is -2.44. The molecule has 4 atom stereocenters. The smallest absolute Gasteiger partial charge is 0.132 e. The zero-order valence-corrected chi connectivity index (χ0v) is 13.1. The summed E-state index contributed by atoms with van der Waals surface area (Å²) in [7, 11) is 3.14. The van der Waals surface area contributed by atoms with E-state index < -0.39 is 17.6 Å². The molecule has 5 heteroatoms. The number of methoxy groups -OCH3 is 2. The van der Waals surface area contributed by atoms with Crippen LogP contribution in [0, 0.1) is 16.7 Å².